The number of thiazole rings is 1. The molecule has 5 heteroatoms. The van der Waals surface area contributed by atoms with E-state index < -0.39 is 5.97 Å². The monoisotopic (exact) mass is 224 g/mol. The van der Waals surface area contributed by atoms with Crippen LogP contribution in [0.1, 0.15) is 41.7 Å². The molecule has 0 aliphatic carbocycles. The lowest BCUT2D eigenvalue weighted by Gasteiger charge is -2.12. The van der Waals surface area contributed by atoms with Gasteiger partial charge in [-0.15, -0.1) is 11.3 Å². The lowest BCUT2D eigenvalue weighted by atomic mass is 9.94. The number of hydrogen-bond acceptors (Lipinski definition) is 4. The number of nitriles is 1. The van der Waals surface area contributed by atoms with E-state index in [1.807, 2.05) is 13.8 Å². The molecule has 1 rings (SSSR count). The van der Waals surface area contributed by atoms with Crippen LogP contribution in [0.25, 0.3) is 0 Å². The van der Waals surface area contributed by atoms with Crippen LogP contribution in [0.15, 0.2) is 5.38 Å². The molecule has 0 unspecified atom stereocenters. The van der Waals surface area contributed by atoms with Gasteiger partial charge >= 0.3 is 5.97 Å². The average Bonchev–Trinajstić information content (AvgIpc) is 2.68. The SMILES string of the molecule is CC[C@H](C)[C@@H](C#N)c1nc(C(=O)O)cs1. The topological polar surface area (TPSA) is 74.0 Å². The van der Waals surface area contributed by atoms with Crippen LogP contribution in [-0.2, 0) is 0 Å². The highest BCUT2D eigenvalue weighted by Gasteiger charge is 2.22. The van der Waals surface area contributed by atoms with Crippen molar-refractivity contribution in [3.05, 3.63) is 16.1 Å². The second-order valence-electron chi connectivity index (χ2n) is 3.37. The number of aromatic nitrogens is 1. The molecule has 0 saturated heterocycles. The van der Waals surface area contributed by atoms with E-state index in [0.717, 1.165) is 6.42 Å². The van der Waals surface area contributed by atoms with Gasteiger partial charge in [0.25, 0.3) is 0 Å². The molecule has 2 atom stereocenters. The van der Waals surface area contributed by atoms with Gasteiger partial charge in [0.05, 0.1) is 6.07 Å². The highest BCUT2D eigenvalue weighted by molar-refractivity contribution is 7.10. The molecule has 4 nitrogen and oxygen atoms in total. The van der Waals surface area contributed by atoms with E-state index in [0.29, 0.717) is 5.01 Å². The summed E-state index contributed by atoms with van der Waals surface area (Å²) in [5, 5.41) is 19.8. The van der Waals surface area contributed by atoms with E-state index in [4.69, 9.17) is 10.4 Å². The Hall–Kier alpha value is -1.41. The number of rotatable bonds is 4. The molecular weight excluding hydrogens is 212 g/mol. The summed E-state index contributed by atoms with van der Waals surface area (Å²) < 4.78 is 0. The highest BCUT2D eigenvalue weighted by Crippen LogP contribution is 2.28. The molecule has 80 valence electrons. The summed E-state index contributed by atoms with van der Waals surface area (Å²) in [6.07, 6.45) is 0.875. The number of carbonyl (C=O) groups is 1. The zero-order chi connectivity index (χ0) is 11.4. The first-order valence-electron chi connectivity index (χ1n) is 4.68. The van der Waals surface area contributed by atoms with Gasteiger partial charge in [-0.3, -0.25) is 0 Å². The Morgan fingerprint density at radius 1 is 1.80 bits per heavy atom. The van der Waals surface area contributed by atoms with Crippen LogP contribution < -0.4 is 0 Å². The van der Waals surface area contributed by atoms with E-state index in [-0.39, 0.29) is 17.5 Å². The Morgan fingerprint density at radius 3 is 2.87 bits per heavy atom. The summed E-state index contributed by atoms with van der Waals surface area (Å²) in [6, 6.07) is 2.18. The molecule has 0 bridgehead atoms. The van der Waals surface area contributed by atoms with Crippen molar-refractivity contribution < 1.29 is 9.90 Å². The van der Waals surface area contributed by atoms with Crippen LogP contribution in [0.2, 0.25) is 0 Å². The highest BCUT2D eigenvalue weighted by atomic mass is 32.1. The first kappa shape index (κ1) is 11.7. The van der Waals surface area contributed by atoms with E-state index in [1.165, 1.54) is 16.7 Å². The fourth-order valence-corrected chi connectivity index (χ4v) is 2.16. The number of aromatic carboxylic acids is 1. The van der Waals surface area contributed by atoms with Crippen molar-refractivity contribution in [1.29, 1.82) is 5.26 Å². The van der Waals surface area contributed by atoms with Crippen molar-refractivity contribution in [2.45, 2.75) is 26.2 Å². The normalized spacial score (nSPS) is 14.2. The third kappa shape index (κ3) is 2.54. The zero-order valence-corrected chi connectivity index (χ0v) is 9.41. The molecule has 1 aromatic rings. The van der Waals surface area contributed by atoms with Crippen LogP contribution in [0.5, 0.6) is 0 Å². The van der Waals surface area contributed by atoms with Crippen molar-refractivity contribution in [2.75, 3.05) is 0 Å². The lowest BCUT2D eigenvalue weighted by Crippen LogP contribution is -2.07. The first-order chi connectivity index (χ1) is 7.10. The number of hydrogen-bond donors (Lipinski definition) is 1. The van der Waals surface area contributed by atoms with Gasteiger partial charge < -0.3 is 5.11 Å². The minimum Gasteiger partial charge on any atom is -0.476 e. The Morgan fingerprint density at radius 2 is 2.47 bits per heavy atom. The molecule has 0 saturated carbocycles. The van der Waals surface area contributed by atoms with Crippen LogP contribution in [0.3, 0.4) is 0 Å². The van der Waals surface area contributed by atoms with Gasteiger partial charge in [-0.25, -0.2) is 9.78 Å². The zero-order valence-electron chi connectivity index (χ0n) is 8.60. The van der Waals surface area contributed by atoms with Crippen LogP contribution in [0.4, 0.5) is 0 Å². The van der Waals surface area contributed by atoms with Crippen molar-refractivity contribution in [3.63, 3.8) is 0 Å². The molecule has 1 heterocycles. The Balaban J connectivity index is 2.94. The molecule has 0 aliphatic rings. The van der Waals surface area contributed by atoms with Crippen LogP contribution in [-0.4, -0.2) is 16.1 Å². The molecule has 0 amide bonds. The predicted molar refractivity (Wildman–Crippen MR) is 56.9 cm³/mol. The van der Waals surface area contributed by atoms with Crippen LogP contribution in [0, 0.1) is 17.2 Å². The quantitative estimate of drug-likeness (QED) is 0.852. The number of carboxylic acids is 1. The standard InChI is InChI=1S/C10H12N2O2S/c1-3-6(2)7(4-11)9-12-8(5-15-9)10(13)14/h5-7H,3H2,1-2H3,(H,13,14)/t6-,7+/m0/s1. The van der Waals surface area contributed by atoms with Gasteiger partial charge in [-0.2, -0.15) is 5.26 Å². The Kier molecular flexibility index (Phi) is 3.81. The maximum atomic E-state index is 10.6. The molecule has 1 N–H and O–H groups in total. The molecule has 1 aromatic heterocycles. The summed E-state index contributed by atoms with van der Waals surface area (Å²) in [4.78, 5) is 14.6. The lowest BCUT2D eigenvalue weighted by molar-refractivity contribution is 0.0691. The van der Waals surface area contributed by atoms with Crippen molar-refractivity contribution in [3.8, 4) is 6.07 Å². The largest absolute Gasteiger partial charge is 0.476 e. The maximum Gasteiger partial charge on any atom is 0.355 e. The van der Waals surface area contributed by atoms with Crippen molar-refractivity contribution in [1.82, 2.24) is 4.98 Å². The minimum atomic E-state index is -1.04. The molecule has 0 aromatic carbocycles. The summed E-state index contributed by atoms with van der Waals surface area (Å²) in [7, 11) is 0. The summed E-state index contributed by atoms with van der Waals surface area (Å²) >= 11 is 1.24. The van der Waals surface area contributed by atoms with Crippen molar-refractivity contribution in [2.24, 2.45) is 5.92 Å². The third-order valence-electron chi connectivity index (χ3n) is 2.36. The fourth-order valence-electron chi connectivity index (χ4n) is 1.19. The average molecular weight is 224 g/mol. The van der Waals surface area contributed by atoms with Gasteiger partial charge in [0.1, 0.15) is 10.9 Å². The Labute approximate surface area is 92.2 Å². The van der Waals surface area contributed by atoms with E-state index in [9.17, 15) is 4.79 Å². The molecular formula is C10H12N2O2S. The molecule has 15 heavy (non-hydrogen) atoms. The van der Waals surface area contributed by atoms with Gasteiger partial charge in [-0.1, -0.05) is 20.3 Å². The molecule has 0 aliphatic heterocycles. The van der Waals surface area contributed by atoms with Crippen molar-refractivity contribution >= 4 is 17.3 Å². The van der Waals surface area contributed by atoms with Gasteiger partial charge in [0, 0.05) is 5.38 Å². The smallest absolute Gasteiger partial charge is 0.355 e. The van der Waals surface area contributed by atoms with Gasteiger partial charge in [0.15, 0.2) is 5.69 Å². The molecule has 0 radical (unpaired) electrons. The number of nitrogens with zero attached hydrogens (tertiary/aromatic N) is 2. The van der Waals surface area contributed by atoms with Gasteiger partial charge in [-0.05, 0) is 5.92 Å². The summed E-state index contributed by atoms with van der Waals surface area (Å²) in [5.74, 6) is -1.14. The molecule has 0 fully saturated rings. The van der Waals surface area contributed by atoms with E-state index >= 15 is 0 Å². The molecule has 0 spiro atoms. The number of carboxylic acid groups (broad SMARTS) is 1. The van der Waals surface area contributed by atoms with Crippen LogP contribution >= 0.6 is 11.3 Å². The second kappa shape index (κ2) is 4.89. The maximum absolute atomic E-state index is 10.6. The Bertz CT molecular complexity index is 394. The van der Waals surface area contributed by atoms with E-state index in [2.05, 4.69) is 11.1 Å². The second-order valence-corrected chi connectivity index (χ2v) is 4.26. The summed E-state index contributed by atoms with van der Waals surface area (Å²) in [6.45, 7) is 3.97. The van der Waals surface area contributed by atoms with Gasteiger partial charge in [0.2, 0.25) is 0 Å². The predicted octanol–water partition coefficient (Wildman–Crippen LogP) is 2.49. The van der Waals surface area contributed by atoms with E-state index in [1.54, 1.807) is 0 Å². The third-order valence-corrected chi connectivity index (χ3v) is 3.29. The first-order valence-corrected chi connectivity index (χ1v) is 5.56. The fraction of sp³-hybridized carbons (Fsp3) is 0.500. The minimum absolute atomic E-state index is 0.0264. The summed E-state index contributed by atoms with van der Waals surface area (Å²) in [5.41, 5.74) is 0.0264.